The van der Waals surface area contributed by atoms with Crippen molar-refractivity contribution in [3.8, 4) is 0 Å². The Morgan fingerprint density at radius 2 is 2.60 bits per heavy atom. The van der Waals surface area contributed by atoms with Gasteiger partial charge in [-0.15, -0.1) is 0 Å². The molecule has 0 saturated carbocycles. The van der Waals surface area contributed by atoms with E-state index in [1.54, 1.807) is 0 Å². The zero-order chi connectivity index (χ0) is 7.40. The molecule has 0 saturated heterocycles. The lowest BCUT2D eigenvalue weighted by atomic mass is 10.2. The maximum atomic E-state index is 5.64. The molecule has 0 fully saturated rings. The highest BCUT2D eigenvalue weighted by atomic mass is 16.5. The molecule has 0 amide bonds. The van der Waals surface area contributed by atoms with Crippen LogP contribution in [0.5, 0.6) is 0 Å². The molecule has 1 heterocycles. The number of hydrogen-bond acceptors (Lipinski definition) is 4. The molecule has 1 atom stereocenters. The lowest BCUT2D eigenvalue weighted by Gasteiger charge is -2.02. The molecular weight excluding hydrogens is 130 g/mol. The lowest BCUT2D eigenvalue weighted by Crippen LogP contribution is -2.21. The molecule has 0 spiro atoms. The summed E-state index contributed by atoms with van der Waals surface area (Å²) in [6, 6.07) is 0.151. The van der Waals surface area contributed by atoms with Crippen LogP contribution >= 0.6 is 0 Å². The quantitative estimate of drug-likeness (QED) is 0.659. The van der Waals surface area contributed by atoms with Crippen LogP contribution in [-0.2, 0) is 6.42 Å². The minimum atomic E-state index is 0.151. The average Bonchev–Trinajstić information content (AvgIpc) is 2.40. The van der Waals surface area contributed by atoms with Crippen LogP contribution in [0.2, 0.25) is 0 Å². The van der Waals surface area contributed by atoms with Gasteiger partial charge >= 0.3 is 0 Å². The minimum absolute atomic E-state index is 0.151. The zero-order valence-electron chi connectivity index (χ0n) is 5.95. The van der Waals surface area contributed by atoms with Crippen molar-refractivity contribution in [2.75, 3.05) is 0 Å². The number of aromatic nitrogens is 2. The fourth-order valence-corrected chi connectivity index (χ4v) is 0.661. The summed E-state index contributed by atoms with van der Waals surface area (Å²) in [4.78, 5) is 3.85. The third kappa shape index (κ3) is 1.80. The van der Waals surface area contributed by atoms with E-state index in [9.17, 15) is 0 Å². The molecule has 0 aliphatic rings. The van der Waals surface area contributed by atoms with E-state index in [1.165, 1.54) is 6.39 Å². The van der Waals surface area contributed by atoms with Crippen LogP contribution < -0.4 is 5.73 Å². The van der Waals surface area contributed by atoms with Crippen molar-refractivity contribution < 1.29 is 4.52 Å². The van der Waals surface area contributed by atoms with Crippen LogP contribution in [0.3, 0.4) is 0 Å². The minimum Gasteiger partial charge on any atom is -0.343 e. The monoisotopic (exact) mass is 141 g/mol. The average molecular weight is 141 g/mol. The number of rotatable bonds is 3. The zero-order valence-corrected chi connectivity index (χ0v) is 5.95. The Bertz CT molecular complexity index is 173. The van der Waals surface area contributed by atoms with Gasteiger partial charge in [0.25, 0.3) is 0 Å². The van der Waals surface area contributed by atoms with Gasteiger partial charge in [-0.05, 0) is 6.42 Å². The first-order valence-electron chi connectivity index (χ1n) is 3.33. The highest BCUT2D eigenvalue weighted by molar-refractivity contribution is 4.82. The number of nitrogens with zero attached hydrogens (tertiary/aromatic N) is 2. The van der Waals surface area contributed by atoms with Crippen molar-refractivity contribution in [1.29, 1.82) is 0 Å². The summed E-state index contributed by atoms with van der Waals surface area (Å²) >= 11 is 0. The second-order valence-electron chi connectivity index (χ2n) is 2.22. The third-order valence-electron chi connectivity index (χ3n) is 1.38. The van der Waals surface area contributed by atoms with Crippen LogP contribution in [0.25, 0.3) is 0 Å². The predicted molar refractivity (Wildman–Crippen MR) is 36.3 cm³/mol. The molecule has 0 aliphatic carbocycles. The van der Waals surface area contributed by atoms with Crippen molar-refractivity contribution in [2.24, 2.45) is 5.73 Å². The van der Waals surface area contributed by atoms with Gasteiger partial charge in [-0.25, -0.2) is 0 Å². The molecule has 4 heteroatoms. The second kappa shape index (κ2) is 3.31. The molecule has 56 valence electrons. The van der Waals surface area contributed by atoms with Gasteiger partial charge < -0.3 is 10.3 Å². The van der Waals surface area contributed by atoms with Crippen LogP contribution in [0, 0.1) is 0 Å². The first-order valence-corrected chi connectivity index (χ1v) is 3.33. The normalized spacial score (nSPS) is 13.4. The topological polar surface area (TPSA) is 64.9 Å². The van der Waals surface area contributed by atoms with Gasteiger partial charge in [0, 0.05) is 12.5 Å². The fourth-order valence-electron chi connectivity index (χ4n) is 0.661. The Kier molecular flexibility index (Phi) is 2.39. The lowest BCUT2D eigenvalue weighted by molar-refractivity contribution is 0.407. The van der Waals surface area contributed by atoms with Gasteiger partial charge in [-0.3, -0.25) is 0 Å². The summed E-state index contributed by atoms with van der Waals surface area (Å²) in [5.74, 6) is 0.689. The van der Waals surface area contributed by atoms with Crippen molar-refractivity contribution in [2.45, 2.75) is 25.8 Å². The van der Waals surface area contributed by atoms with Gasteiger partial charge in [-0.1, -0.05) is 12.1 Å². The molecular formula is C6H11N3O. The van der Waals surface area contributed by atoms with E-state index in [4.69, 9.17) is 5.73 Å². The maximum Gasteiger partial charge on any atom is 0.213 e. The molecule has 0 aromatic carbocycles. The summed E-state index contributed by atoms with van der Waals surface area (Å²) in [5, 5.41) is 3.64. The van der Waals surface area contributed by atoms with E-state index < -0.39 is 0 Å². The fraction of sp³-hybridized carbons (Fsp3) is 0.667. The van der Waals surface area contributed by atoms with Crippen molar-refractivity contribution in [3.63, 3.8) is 0 Å². The SMILES string of the molecule is CCC(N)Cc1ncon1. The number of hydrogen-bond donors (Lipinski definition) is 1. The van der Waals surface area contributed by atoms with E-state index in [1.807, 2.05) is 6.92 Å². The smallest absolute Gasteiger partial charge is 0.213 e. The molecule has 1 aromatic rings. The Labute approximate surface area is 59.4 Å². The van der Waals surface area contributed by atoms with Gasteiger partial charge in [0.2, 0.25) is 6.39 Å². The maximum absolute atomic E-state index is 5.64. The van der Waals surface area contributed by atoms with E-state index in [-0.39, 0.29) is 6.04 Å². The third-order valence-corrected chi connectivity index (χ3v) is 1.38. The van der Waals surface area contributed by atoms with Gasteiger partial charge in [-0.2, -0.15) is 4.98 Å². The Morgan fingerprint density at radius 1 is 1.80 bits per heavy atom. The Morgan fingerprint density at radius 3 is 3.10 bits per heavy atom. The second-order valence-corrected chi connectivity index (χ2v) is 2.22. The molecule has 2 N–H and O–H groups in total. The molecule has 0 aliphatic heterocycles. The molecule has 4 nitrogen and oxygen atoms in total. The summed E-state index contributed by atoms with van der Waals surface area (Å²) in [7, 11) is 0. The highest BCUT2D eigenvalue weighted by Gasteiger charge is 2.03. The first-order chi connectivity index (χ1) is 4.83. The van der Waals surface area contributed by atoms with Gasteiger partial charge in [0.15, 0.2) is 5.82 Å². The molecule has 1 aromatic heterocycles. The van der Waals surface area contributed by atoms with Crippen molar-refractivity contribution >= 4 is 0 Å². The summed E-state index contributed by atoms with van der Waals surface area (Å²) in [6.45, 7) is 2.03. The first kappa shape index (κ1) is 7.21. The Hall–Kier alpha value is -0.900. The summed E-state index contributed by atoms with van der Waals surface area (Å²) < 4.78 is 4.54. The van der Waals surface area contributed by atoms with Gasteiger partial charge in [0.05, 0.1) is 0 Å². The summed E-state index contributed by atoms with van der Waals surface area (Å²) in [5.41, 5.74) is 5.64. The molecule has 0 radical (unpaired) electrons. The number of nitrogens with two attached hydrogens (primary N) is 1. The highest BCUT2D eigenvalue weighted by Crippen LogP contribution is 1.96. The van der Waals surface area contributed by atoms with E-state index in [0.717, 1.165) is 6.42 Å². The van der Waals surface area contributed by atoms with E-state index >= 15 is 0 Å². The van der Waals surface area contributed by atoms with Crippen LogP contribution in [0.15, 0.2) is 10.9 Å². The largest absolute Gasteiger partial charge is 0.343 e. The van der Waals surface area contributed by atoms with Crippen molar-refractivity contribution in [1.82, 2.24) is 10.1 Å². The molecule has 1 unspecified atom stereocenters. The van der Waals surface area contributed by atoms with Crippen molar-refractivity contribution in [3.05, 3.63) is 12.2 Å². The molecule has 1 rings (SSSR count). The standard InChI is InChI=1S/C6H11N3O/c1-2-5(7)3-6-8-4-10-9-6/h4-5H,2-3,7H2,1H3. The van der Waals surface area contributed by atoms with Gasteiger partial charge in [0.1, 0.15) is 0 Å². The van der Waals surface area contributed by atoms with Crippen LogP contribution in [0.1, 0.15) is 19.2 Å². The summed E-state index contributed by atoms with van der Waals surface area (Å²) in [6.07, 6.45) is 2.96. The van der Waals surface area contributed by atoms with E-state index in [0.29, 0.717) is 12.2 Å². The Balaban J connectivity index is 2.40. The molecule has 0 bridgehead atoms. The van der Waals surface area contributed by atoms with Crippen LogP contribution in [-0.4, -0.2) is 16.2 Å². The molecule has 10 heavy (non-hydrogen) atoms. The van der Waals surface area contributed by atoms with Crippen LogP contribution in [0.4, 0.5) is 0 Å². The van der Waals surface area contributed by atoms with E-state index in [2.05, 4.69) is 14.7 Å². The predicted octanol–water partition coefficient (Wildman–Crippen LogP) is 0.349.